The lowest BCUT2D eigenvalue weighted by Crippen LogP contribution is -2.35. The van der Waals surface area contributed by atoms with Gasteiger partial charge in [0.05, 0.1) is 28.2 Å². The molecule has 1 aromatic heterocycles. The van der Waals surface area contributed by atoms with Crippen molar-refractivity contribution < 1.29 is 4.79 Å². The van der Waals surface area contributed by atoms with Crippen molar-refractivity contribution in [3.05, 3.63) is 57.8 Å². The SMILES string of the molecule is NC(=O)C1CCN(Cc2ncc(Cl)cc2Cl)c2ccccc21. The van der Waals surface area contributed by atoms with Crippen molar-refractivity contribution >= 4 is 34.8 Å². The maximum absolute atomic E-state index is 11.6. The molecule has 1 atom stereocenters. The Labute approximate surface area is 138 Å². The minimum absolute atomic E-state index is 0.235. The predicted octanol–water partition coefficient (Wildman–Crippen LogP) is 3.37. The van der Waals surface area contributed by atoms with Gasteiger partial charge in [0.2, 0.25) is 5.91 Å². The molecule has 4 nitrogen and oxygen atoms in total. The summed E-state index contributed by atoms with van der Waals surface area (Å²) in [4.78, 5) is 18.1. The smallest absolute Gasteiger partial charge is 0.225 e. The quantitative estimate of drug-likeness (QED) is 0.935. The van der Waals surface area contributed by atoms with E-state index >= 15 is 0 Å². The minimum Gasteiger partial charge on any atom is -0.369 e. The van der Waals surface area contributed by atoms with Gasteiger partial charge in [-0.05, 0) is 24.1 Å². The van der Waals surface area contributed by atoms with Gasteiger partial charge in [-0.25, -0.2) is 0 Å². The molecule has 2 N–H and O–H groups in total. The molecule has 2 aromatic rings. The summed E-state index contributed by atoms with van der Waals surface area (Å²) in [7, 11) is 0. The number of nitrogens with zero attached hydrogens (tertiary/aromatic N) is 2. The molecule has 1 aliphatic heterocycles. The molecule has 0 fully saturated rings. The summed E-state index contributed by atoms with van der Waals surface area (Å²) in [5, 5.41) is 1.06. The molecule has 0 aliphatic carbocycles. The van der Waals surface area contributed by atoms with E-state index in [0.29, 0.717) is 23.0 Å². The number of halogens is 2. The molecule has 22 heavy (non-hydrogen) atoms. The summed E-state index contributed by atoms with van der Waals surface area (Å²) in [5.41, 5.74) is 8.25. The standard InChI is InChI=1S/C16H15Cl2N3O/c17-10-7-13(18)14(20-8-10)9-21-6-5-12(16(19)22)11-3-1-2-4-15(11)21/h1-4,7-8,12H,5-6,9H2,(H2,19,22). The lowest BCUT2D eigenvalue weighted by molar-refractivity contribution is -0.119. The van der Waals surface area contributed by atoms with Crippen molar-refractivity contribution in [2.24, 2.45) is 5.73 Å². The van der Waals surface area contributed by atoms with Gasteiger partial charge < -0.3 is 10.6 Å². The molecule has 6 heteroatoms. The van der Waals surface area contributed by atoms with E-state index in [9.17, 15) is 4.79 Å². The van der Waals surface area contributed by atoms with Crippen LogP contribution in [0.5, 0.6) is 0 Å². The summed E-state index contributed by atoms with van der Waals surface area (Å²) in [5.74, 6) is -0.518. The molecule has 0 saturated heterocycles. The monoisotopic (exact) mass is 335 g/mol. The largest absolute Gasteiger partial charge is 0.369 e. The van der Waals surface area contributed by atoms with E-state index in [1.165, 1.54) is 0 Å². The lowest BCUT2D eigenvalue weighted by Gasteiger charge is -2.34. The lowest BCUT2D eigenvalue weighted by atomic mass is 9.89. The second-order valence-electron chi connectivity index (χ2n) is 5.31. The van der Waals surface area contributed by atoms with Crippen LogP contribution in [0.1, 0.15) is 23.6 Å². The van der Waals surface area contributed by atoms with Gasteiger partial charge >= 0.3 is 0 Å². The van der Waals surface area contributed by atoms with Crippen molar-refractivity contribution in [2.45, 2.75) is 18.9 Å². The molecule has 1 aromatic carbocycles. The van der Waals surface area contributed by atoms with Crippen LogP contribution in [0, 0.1) is 0 Å². The normalized spacial score (nSPS) is 17.2. The van der Waals surface area contributed by atoms with Gasteiger partial charge in [-0.1, -0.05) is 41.4 Å². The van der Waals surface area contributed by atoms with Crippen molar-refractivity contribution in [2.75, 3.05) is 11.4 Å². The Morgan fingerprint density at radius 1 is 1.36 bits per heavy atom. The molecule has 0 radical (unpaired) electrons. The van der Waals surface area contributed by atoms with Crippen LogP contribution in [0.15, 0.2) is 36.5 Å². The number of carbonyl (C=O) groups excluding carboxylic acids is 1. The molecule has 114 valence electrons. The second kappa shape index (κ2) is 6.15. The van der Waals surface area contributed by atoms with E-state index in [4.69, 9.17) is 28.9 Å². The van der Waals surface area contributed by atoms with Crippen LogP contribution in [0.3, 0.4) is 0 Å². The fourth-order valence-electron chi connectivity index (χ4n) is 2.83. The number of benzene rings is 1. The number of anilines is 1. The third-order valence-electron chi connectivity index (χ3n) is 3.91. The van der Waals surface area contributed by atoms with Gasteiger partial charge in [-0.3, -0.25) is 9.78 Å². The molecule has 0 bridgehead atoms. The first-order valence-electron chi connectivity index (χ1n) is 6.99. The van der Waals surface area contributed by atoms with Crippen LogP contribution < -0.4 is 10.6 Å². The zero-order valence-corrected chi connectivity index (χ0v) is 13.3. The number of aromatic nitrogens is 1. The third-order valence-corrected chi connectivity index (χ3v) is 4.44. The zero-order valence-electron chi connectivity index (χ0n) is 11.8. The number of para-hydroxylation sites is 1. The number of primary amides is 1. The first-order valence-corrected chi connectivity index (χ1v) is 7.75. The van der Waals surface area contributed by atoms with Crippen molar-refractivity contribution in [3.8, 4) is 0 Å². The van der Waals surface area contributed by atoms with Crippen LogP contribution in [-0.2, 0) is 11.3 Å². The Kier molecular flexibility index (Phi) is 4.23. The maximum Gasteiger partial charge on any atom is 0.225 e. The van der Waals surface area contributed by atoms with E-state index in [1.54, 1.807) is 12.3 Å². The van der Waals surface area contributed by atoms with E-state index in [0.717, 1.165) is 23.5 Å². The number of hydrogen-bond acceptors (Lipinski definition) is 3. The molecule has 2 heterocycles. The molecular formula is C16H15Cl2N3O. The summed E-state index contributed by atoms with van der Waals surface area (Å²) < 4.78 is 0. The van der Waals surface area contributed by atoms with Gasteiger partial charge in [0, 0.05) is 18.4 Å². The molecule has 1 amide bonds. The Balaban J connectivity index is 1.92. The van der Waals surface area contributed by atoms with Gasteiger partial charge in [-0.15, -0.1) is 0 Å². The summed E-state index contributed by atoms with van der Waals surface area (Å²) in [6.07, 6.45) is 2.28. The highest BCUT2D eigenvalue weighted by atomic mass is 35.5. The number of pyridine rings is 1. The highest BCUT2D eigenvalue weighted by Crippen LogP contribution is 2.36. The minimum atomic E-state index is -0.283. The average Bonchev–Trinajstić information content (AvgIpc) is 2.50. The van der Waals surface area contributed by atoms with Crippen molar-refractivity contribution in [1.29, 1.82) is 0 Å². The first-order chi connectivity index (χ1) is 10.6. The third kappa shape index (κ3) is 2.89. The van der Waals surface area contributed by atoms with E-state index in [2.05, 4.69) is 9.88 Å². The zero-order chi connectivity index (χ0) is 15.7. The summed E-state index contributed by atoms with van der Waals surface area (Å²) >= 11 is 12.1. The van der Waals surface area contributed by atoms with Gasteiger partial charge in [0.1, 0.15) is 0 Å². The Bertz CT molecular complexity index is 720. The fourth-order valence-corrected chi connectivity index (χ4v) is 3.27. The Morgan fingerprint density at radius 2 is 2.14 bits per heavy atom. The van der Waals surface area contributed by atoms with E-state index < -0.39 is 0 Å². The van der Waals surface area contributed by atoms with Crippen LogP contribution in [0.4, 0.5) is 5.69 Å². The predicted molar refractivity (Wildman–Crippen MR) is 88.3 cm³/mol. The maximum atomic E-state index is 11.6. The molecule has 0 saturated carbocycles. The number of carbonyl (C=O) groups is 1. The Morgan fingerprint density at radius 3 is 2.86 bits per heavy atom. The molecule has 1 aliphatic rings. The van der Waals surface area contributed by atoms with Gasteiger partial charge in [0.15, 0.2) is 0 Å². The average molecular weight is 336 g/mol. The van der Waals surface area contributed by atoms with Gasteiger partial charge in [0.25, 0.3) is 0 Å². The summed E-state index contributed by atoms with van der Waals surface area (Å²) in [6.45, 7) is 1.30. The topological polar surface area (TPSA) is 59.2 Å². The van der Waals surface area contributed by atoms with E-state index in [1.807, 2.05) is 24.3 Å². The van der Waals surface area contributed by atoms with Crippen molar-refractivity contribution in [3.63, 3.8) is 0 Å². The van der Waals surface area contributed by atoms with Crippen LogP contribution in [0.25, 0.3) is 0 Å². The van der Waals surface area contributed by atoms with Crippen LogP contribution in [-0.4, -0.2) is 17.4 Å². The highest BCUT2D eigenvalue weighted by Gasteiger charge is 2.28. The molecular weight excluding hydrogens is 321 g/mol. The number of nitrogens with two attached hydrogens (primary N) is 1. The van der Waals surface area contributed by atoms with Gasteiger partial charge in [-0.2, -0.15) is 0 Å². The second-order valence-corrected chi connectivity index (χ2v) is 6.15. The molecule has 1 unspecified atom stereocenters. The Hall–Kier alpha value is -1.78. The fraction of sp³-hybridized carbons (Fsp3) is 0.250. The number of amides is 1. The van der Waals surface area contributed by atoms with Crippen LogP contribution in [0.2, 0.25) is 10.0 Å². The van der Waals surface area contributed by atoms with E-state index in [-0.39, 0.29) is 11.8 Å². The summed E-state index contributed by atoms with van der Waals surface area (Å²) in [6, 6.07) is 9.51. The van der Waals surface area contributed by atoms with Crippen molar-refractivity contribution in [1.82, 2.24) is 4.98 Å². The number of fused-ring (bicyclic) bond motifs is 1. The molecule has 3 rings (SSSR count). The number of hydrogen-bond donors (Lipinski definition) is 1. The first kappa shape index (κ1) is 15.1. The molecule has 0 spiro atoms. The van der Waals surface area contributed by atoms with Crippen LogP contribution >= 0.6 is 23.2 Å². The highest BCUT2D eigenvalue weighted by molar-refractivity contribution is 6.34. The number of rotatable bonds is 3.